The minimum Gasteiger partial charge on any atom is -0.354 e. The zero-order valence-electron chi connectivity index (χ0n) is 16.6. The summed E-state index contributed by atoms with van der Waals surface area (Å²) in [5.41, 5.74) is 9.94. The van der Waals surface area contributed by atoms with Crippen molar-refractivity contribution in [2.75, 3.05) is 0 Å². The maximum absolute atomic E-state index is 6.77. The lowest BCUT2D eigenvalue weighted by molar-refractivity contribution is 1.32. The van der Waals surface area contributed by atoms with E-state index in [4.69, 9.17) is 16.6 Å². The number of aromatic amines is 2. The van der Waals surface area contributed by atoms with Gasteiger partial charge in [-0.05, 0) is 47.5 Å². The molecule has 1 aliphatic rings. The van der Waals surface area contributed by atoms with Gasteiger partial charge < -0.3 is 9.97 Å². The van der Waals surface area contributed by atoms with Crippen LogP contribution >= 0.6 is 11.6 Å². The standard InChI is InChI=1S/C27H18ClN3/c28-27-23-15-13-21(30-23)25(17-7-3-1-4-8-17)19-11-12-20(29-19)26(18-9-5-2-6-10-18)22-14-16-24(27)31-22/h1-16,29-30H. The molecule has 0 aliphatic carbocycles. The fourth-order valence-electron chi connectivity index (χ4n) is 4.22. The number of aromatic nitrogens is 3. The van der Waals surface area contributed by atoms with Gasteiger partial charge in [-0.15, -0.1) is 0 Å². The topological polar surface area (TPSA) is 44.5 Å². The number of nitrogens with one attached hydrogen (secondary N) is 2. The molecule has 5 aromatic rings. The number of rotatable bonds is 2. The lowest BCUT2D eigenvalue weighted by Gasteiger charge is -2.05. The van der Waals surface area contributed by atoms with Gasteiger partial charge in [0.15, 0.2) is 0 Å². The maximum Gasteiger partial charge on any atom is 0.0897 e. The second-order valence-corrected chi connectivity index (χ2v) is 7.96. The van der Waals surface area contributed by atoms with E-state index in [1.807, 2.05) is 42.5 Å². The van der Waals surface area contributed by atoms with Crippen LogP contribution in [-0.2, 0) is 0 Å². The molecular formula is C27H18ClN3. The third kappa shape index (κ3) is 3.02. The minimum absolute atomic E-state index is 0.612. The average Bonchev–Trinajstić information content (AvgIpc) is 3.57. The van der Waals surface area contributed by atoms with Gasteiger partial charge in [-0.3, -0.25) is 0 Å². The molecule has 6 bridgehead atoms. The van der Waals surface area contributed by atoms with Crippen molar-refractivity contribution in [3.63, 3.8) is 0 Å². The summed E-state index contributed by atoms with van der Waals surface area (Å²) in [6.45, 7) is 0. The Morgan fingerprint density at radius 2 is 1.00 bits per heavy atom. The highest BCUT2D eigenvalue weighted by Crippen LogP contribution is 2.35. The third-order valence-electron chi connectivity index (χ3n) is 5.66. The second-order valence-electron chi connectivity index (χ2n) is 7.58. The van der Waals surface area contributed by atoms with Gasteiger partial charge in [0.2, 0.25) is 0 Å². The molecule has 3 aromatic heterocycles. The van der Waals surface area contributed by atoms with Crippen molar-refractivity contribution in [2.45, 2.75) is 0 Å². The average molecular weight is 420 g/mol. The van der Waals surface area contributed by atoms with Crippen LogP contribution in [0.1, 0.15) is 11.4 Å². The van der Waals surface area contributed by atoms with Gasteiger partial charge >= 0.3 is 0 Å². The van der Waals surface area contributed by atoms with Gasteiger partial charge in [0.1, 0.15) is 0 Å². The van der Waals surface area contributed by atoms with Crippen LogP contribution in [0.25, 0.3) is 56.5 Å². The van der Waals surface area contributed by atoms with E-state index in [9.17, 15) is 0 Å². The summed E-state index contributed by atoms with van der Waals surface area (Å²) < 4.78 is 0. The molecule has 4 heteroatoms. The van der Waals surface area contributed by atoms with Gasteiger partial charge in [-0.2, -0.15) is 0 Å². The van der Waals surface area contributed by atoms with Crippen LogP contribution in [0.4, 0.5) is 0 Å². The van der Waals surface area contributed by atoms with Crippen LogP contribution in [0.5, 0.6) is 0 Å². The Hall–Kier alpha value is -3.82. The summed E-state index contributed by atoms with van der Waals surface area (Å²) in [6.07, 6.45) is 4.01. The van der Waals surface area contributed by atoms with Crippen molar-refractivity contribution >= 4 is 45.8 Å². The molecule has 0 spiro atoms. The van der Waals surface area contributed by atoms with Crippen molar-refractivity contribution in [3.05, 3.63) is 101 Å². The summed E-state index contributed by atoms with van der Waals surface area (Å²) in [6, 6.07) is 29.1. The number of fused-ring (bicyclic) bond motifs is 6. The Bertz CT molecular complexity index is 1530. The van der Waals surface area contributed by atoms with Gasteiger partial charge in [-0.1, -0.05) is 72.3 Å². The molecule has 4 heterocycles. The molecular weight excluding hydrogens is 402 g/mol. The SMILES string of the molecule is Clc1c2nc(c(-c3ccccc3)c3ccc([nH]3)c(-c3ccccc3)c3ccc1[nH]3)C=C2. The van der Waals surface area contributed by atoms with Crippen LogP contribution in [-0.4, -0.2) is 15.0 Å². The van der Waals surface area contributed by atoms with E-state index in [0.717, 1.165) is 55.7 Å². The zero-order valence-corrected chi connectivity index (χ0v) is 17.3. The molecule has 0 saturated carbocycles. The van der Waals surface area contributed by atoms with Gasteiger partial charge in [0.05, 0.1) is 21.9 Å². The number of nitrogens with zero attached hydrogens (tertiary/aromatic N) is 1. The van der Waals surface area contributed by atoms with Crippen molar-refractivity contribution in [2.24, 2.45) is 0 Å². The fraction of sp³-hybridized carbons (Fsp3) is 0. The second kappa shape index (κ2) is 7.15. The van der Waals surface area contributed by atoms with Crippen LogP contribution in [0.3, 0.4) is 0 Å². The summed E-state index contributed by atoms with van der Waals surface area (Å²) in [4.78, 5) is 12.0. The summed E-state index contributed by atoms with van der Waals surface area (Å²) in [7, 11) is 0. The first-order valence-electron chi connectivity index (χ1n) is 10.2. The van der Waals surface area contributed by atoms with E-state index in [2.05, 4.69) is 64.6 Å². The molecule has 0 radical (unpaired) electrons. The van der Waals surface area contributed by atoms with Crippen LogP contribution in [0, 0.1) is 0 Å². The number of halogens is 1. The highest BCUT2D eigenvalue weighted by Gasteiger charge is 2.14. The van der Waals surface area contributed by atoms with Crippen molar-refractivity contribution < 1.29 is 0 Å². The van der Waals surface area contributed by atoms with E-state index in [0.29, 0.717) is 5.02 Å². The third-order valence-corrected chi connectivity index (χ3v) is 6.06. The van der Waals surface area contributed by atoms with Gasteiger partial charge in [0.25, 0.3) is 0 Å². The number of hydrogen-bond donors (Lipinski definition) is 2. The number of H-pyrrole nitrogens is 2. The molecule has 31 heavy (non-hydrogen) atoms. The highest BCUT2D eigenvalue weighted by atomic mass is 35.5. The van der Waals surface area contributed by atoms with E-state index in [-0.39, 0.29) is 0 Å². The Morgan fingerprint density at radius 3 is 1.65 bits per heavy atom. The van der Waals surface area contributed by atoms with E-state index in [1.165, 1.54) is 0 Å². The highest BCUT2D eigenvalue weighted by molar-refractivity contribution is 6.35. The van der Waals surface area contributed by atoms with E-state index >= 15 is 0 Å². The van der Waals surface area contributed by atoms with E-state index < -0.39 is 0 Å². The normalized spacial score (nSPS) is 11.9. The predicted molar refractivity (Wildman–Crippen MR) is 130 cm³/mol. The minimum atomic E-state index is 0.612. The Labute approximate surface area is 184 Å². The largest absolute Gasteiger partial charge is 0.354 e. The summed E-state index contributed by atoms with van der Waals surface area (Å²) in [5, 5.41) is 0.612. The molecule has 0 amide bonds. The fourth-order valence-corrected chi connectivity index (χ4v) is 4.44. The Morgan fingerprint density at radius 1 is 0.516 bits per heavy atom. The first-order chi connectivity index (χ1) is 15.3. The molecule has 0 fully saturated rings. The first-order valence-corrected chi connectivity index (χ1v) is 10.6. The van der Waals surface area contributed by atoms with Crippen LogP contribution < -0.4 is 0 Å². The summed E-state index contributed by atoms with van der Waals surface area (Å²) in [5.74, 6) is 0. The Kier molecular flexibility index (Phi) is 4.15. The first kappa shape index (κ1) is 18.0. The predicted octanol–water partition coefficient (Wildman–Crippen LogP) is 7.64. The van der Waals surface area contributed by atoms with Crippen LogP contribution in [0.2, 0.25) is 5.02 Å². The number of hydrogen-bond acceptors (Lipinski definition) is 1. The molecule has 0 saturated heterocycles. The molecule has 6 rings (SSSR count). The lowest BCUT2D eigenvalue weighted by Crippen LogP contribution is -1.86. The molecule has 1 aliphatic heterocycles. The maximum atomic E-state index is 6.77. The molecule has 148 valence electrons. The zero-order chi connectivity index (χ0) is 20.8. The van der Waals surface area contributed by atoms with E-state index in [1.54, 1.807) is 0 Å². The Balaban J connectivity index is 1.82. The van der Waals surface area contributed by atoms with Crippen molar-refractivity contribution in [3.8, 4) is 22.3 Å². The molecule has 3 nitrogen and oxygen atoms in total. The molecule has 0 unspecified atom stereocenters. The molecule has 2 aromatic carbocycles. The molecule has 2 N–H and O–H groups in total. The van der Waals surface area contributed by atoms with Gasteiger partial charge in [-0.25, -0.2) is 4.98 Å². The number of benzene rings is 2. The quantitative estimate of drug-likeness (QED) is 0.297. The van der Waals surface area contributed by atoms with Gasteiger partial charge in [0, 0.05) is 27.7 Å². The van der Waals surface area contributed by atoms with Crippen LogP contribution in [0.15, 0.2) is 84.9 Å². The van der Waals surface area contributed by atoms with Crippen molar-refractivity contribution in [1.29, 1.82) is 0 Å². The monoisotopic (exact) mass is 419 g/mol. The molecule has 0 atom stereocenters. The van der Waals surface area contributed by atoms with Crippen molar-refractivity contribution in [1.82, 2.24) is 15.0 Å². The smallest absolute Gasteiger partial charge is 0.0897 e. The lowest BCUT2D eigenvalue weighted by atomic mass is 10.0. The summed E-state index contributed by atoms with van der Waals surface area (Å²) >= 11 is 6.77.